The van der Waals surface area contributed by atoms with Gasteiger partial charge in [0.05, 0.1) is 22.4 Å². The largest absolute Gasteiger partial charge is 0.397 e. The summed E-state index contributed by atoms with van der Waals surface area (Å²) in [4.78, 5) is 19.1. The number of aromatic nitrogens is 2. The molecule has 7 nitrogen and oxygen atoms in total. The zero-order valence-corrected chi connectivity index (χ0v) is 20.5. The Labute approximate surface area is 194 Å². The highest BCUT2D eigenvalue weighted by molar-refractivity contribution is 14.1. The standard InChI is InChI=1S/C11H15N3O.C10H17N3.CH3I/c1-13(2)7-8-14-10-6-4-3-5-9(10)12-11(14)15;1-13(2)8-7-12-10-6-4-3-5-9(10)11;1-2/h3-6H,7-8H2,1-2H3,(H,12,15);3-6,12H,7-8,11H2,1-2H3;1H3/i;;1D. The van der Waals surface area contributed by atoms with Crippen molar-refractivity contribution in [1.29, 1.82) is 0 Å². The van der Waals surface area contributed by atoms with Gasteiger partial charge in [0, 0.05) is 27.5 Å². The molecule has 0 aliphatic heterocycles. The van der Waals surface area contributed by atoms with Crippen LogP contribution in [0.3, 0.4) is 0 Å². The van der Waals surface area contributed by atoms with Crippen molar-refractivity contribution in [1.82, 2.24) is 19.4 Å². The van der Waals surface area contributed by atoms with Gasteiger partial charge < -0.3 is 25.8 Å². The lowest BCUT2D eigenvalue weighted by Gasteiger charge is -2.12. The topological polar surface area (TPSA) is 82.3 Å². The van der Waals surface area contributed by atoms with Crippen molar-refractivity contribution >= 4 is 45.0 Å². The molecule has 0 atom stereocenters. The smallest absolute Gasteiger partial charge is 0.326 e. The Balaban J connectivity index is 0.000000278. The fourth-order valence-corrected chi connectivity index (χ4v) is 2.70. The molecule has 8 heteroatoms. The van der Waals surface area contributed by atoms with Crippen LogP contribution in [-0.4, -0.2) is 72.1 Å². The third kappa shape index (κ3) is 8.76. The number of hydrogen-bond acceptors (Lipinski definition) is 5. The minimum absolute atomic E-state index is 0.0296. The van der Waals surface area contributed by atoms with Gasteiger partial charge >= 0.3 is 5.69 Å². The van der Waals surface area contributed by atoms with E-state index in [1.165, 1.54) is 0 Å². The number of imidazole rings is 1. The van der Waals surface area contributed by atoms with Crippen molar-refractivity contribution in [2.75, 3.05) is 63.8 Å². The van der Waals surface area contributed by atoms with E-state index in [0.717, 1.165) is 48.6 Å². The quantitative estimate of drug-likeness (QED) is 0.250. The number of likely N-dealkylation sites (N-methyl/N-ethyl adjacent to an activating group) is 2. The number of nitrogens with one attached hydrogen (secondary N) is 2. The molecule has 0 aliphatic rings. The van der Waals surface area contributed by atoms with Crippen molar-refractivity contribution in [2.45, 2.75) is 6.54 Å². The molecule has 0 amide bonds. The average molecular weight is 527 g/mol. The van der Waals surface area contributed by atoms with E-state index in [1.54, 1.807) is 4.57 Å². The molecule has 0 spiro atoms. The first-order chi connectivity index (χ1) is 14.8. The summed E-state index contributed by atoms with van der Waals surface area (Å²) in [5.41, 5.74) is 9.44. The van der Waals surface area contributed by atoms with Gasteiger partial charge in [-0.3, -0.25) is 4.57 Å². The summed E-state index contributed by atoms with van der Waals surface area (Å²) in [5.74, 6) is 0. The van der Waals surface area contributed by atoms with Crippen LogP contribution >= 0.6 is 22.6 Å². The summed E-state index contributed by atoms with van der Waals surface area (Å²) in [6.45, 7) is 3.51. The van der Waals surface area contributed by atoms with Crippen LogP contribution in [0.2, 0.25) is 0 Å². The minimum atomic E-state index is -0.0296. The number of rotatable bonds is 7. The molecule has 2 aromatic carbocycles. The molecule has 0 unspecified atom stereocenters. The van der Waals surface area contributed by atoms with Crippen molar-refractivity contribution in [3.8, 4) is 0 Å². The van der Waals surface area contributed by atoms with Gasteiger partial charge in [0.25, 0.3) is 0 Å². The van der Waals surface area contributed by atoms with Crippen LogP contribution < -0.4 is 16.7 Å². The van der Waals surface area contributed by atoms with Crippen LogP contribution in [0.4, 0.5) is 11.4 Å². The molecule has 3 rings (SSSR count). The Bertz CT molecular complexity index is 941. The van der Waals surface area contributed by atoms with Crippen LogP contribution in [-0.2, 0) is 6.54 Å². The Kier molecular flexibility index (Phi) is 11.3. The van der Waals surface area contributed by atoms with E-state index in [9.17, 15) is 4.79 Å². The molecule has 0 saturated heterocycles. The van der Waals surface area contributed by atoms with Crippen molar-refractivity contribution in [2.24, 2.45) is 0 Å². The molecule has 0 saturated carbocycles. The van der Waals surface area contributed by atoms with Crippen LogP contribution in [0, 0.1) is 0 Å². The molecular formula is C22H35IN6O. The lowest BCUT2D eigenvalue weighted by Crippen LogP contribution is -2.24. The van der Waals surface area contributed by atoms with Gasteiger partial charge in [-0.25, -0.2) is 4.79 Å². The maximum atomic E-state index is 11.6. The number of halogens is 1. The van der Waals surface area contributed by atoms with E-state index in [-0.39, 0.29) is 5.69 Å². The van der Waals surface area contributed by atoms with E-state index in [4.69, 9.17) is 7.10 Å². The third-order valence-electron chi connectivity index (χ3n) is 4.29. The second-order valence-electron chi connectivity index (χ2n) is 7.22. The Morgan fingerprint density at radius 3 is 2.30 bits per heavy atom. The van der Waals surface area contributed by atoms with Crippen molar-refractivity contribution < 1.29 is 1.37 Å². The van der Waals surface area contributed by atoms with Gasteiger partial charge in [-0.15, -0.1) is 0 Å². The molecule has 30 heavy (non-hydrogen) atoms. The monoisotopic (exact) mass is 527 g/mol. The fourth-order valence-electron chi connectivity index (χ4n) is 2.70. The lowest BCUT2D eigenvalue weighted by molar-refractivity contribution is 0.384. The predicted molar refractivity (Wildman–Crippen MR) is 139 cm³/mol. The number of benzene rings is 2. The Morgan fingerprint density at radius 1 is 1.07 bits per heavy atom. The molecule has 0 radical (unpaired) electrons. The summed E-state index contributed by atoms with van der Waals surface area (Å²) in [6.07, 6.45) is 0. The second kappa shape index (κ2) is 14.1. The molecule has 3 aromatic rings. The van der Waals surface area contributed by atoms with E-state index in [2.05, 4.69) is 34.2 Å². The van der Waals surface area contributed by atoms with Gasteiger partial charge in [0.15, 0.2) is 0 Å². The summed E-state index contributed by atoms with van der Waals surface area (Å²) < 4.78 is 7.97. The zero-order chi connectivity index (χ0) is 23.2. The zero-order valence-electron chi connectivity index (χ0n) is 19.4. The number of anilines is 2. The maximum absolute atomic E-state index is 11.6. The molecule has 1 heterocycles. The Morgan fingerprint density at radius 2 is 1.67 bits per heavy atom. The van der Waals surface area contributed by atoms with Gasteiger partial charge in [-0.1, -0.05) is 46.9 Å². The van der Waals surface area contributed by atoms with Gasteiger partial charge in [0.1, 0.15) is 0 Å². The highest BCUT2D eigenvalue weighted by Crippen LogP contribution is 2.15. The van der Waals surface area contributed by atoms with Crippen LogP contribution in [0.25, 0.3) is 11.0 Å². The highest BCUT2D eigenvalue weighted by Gasteiger charge is 2.05. The molecule has 4 N–H and O–H groups in total. The number of nitrogens with two attached hydrogens (primary N) is 1. The first kappa shape index (κ1) is 24.2. The maximum Gasteiger partial charge on any atom is 0.326 e. The predicted octanol–water partition coefficient (Wildman–Crippen LogP) is 3.18. The number of H-pyrrole nitrogens is 1. The van der Waals surface area contributed by atoms with Gasteiger partial charge in [-0.2, -0.15) is 0 Å². The molecule has 1 aromatic heterocycles. The summed E-state index contributed by atoms with van der Waals surface area (Å²) in [7, 11) is 8.10. The second-order valence-corrected chi connectivity index (χ2v) is 7.22. The SMILES string of the molecule is CN(C)CCNc1ccccc1N.CN(C)CCn1c(=O)[nH]c2ccccc21.[2H]CI. The number of nitrogens with zero attached hydrogens (tertiary/aromatic N) is 3. The van der Waals surface area contributed by atoms with E-state index >= 15 is 0 Å². The first-order valence-electron chi connectivity index (χ1n) is 10.4. The summed E-state index contributed by atoms with van der Waals surface area (Å²) in [5, 5.41) is 3.28. The van der Waals surface area contributed by atoms with E-state index in [1.807, 2.05) is 85.2 Å². The van der Waals surface area contributed by atoms with Gasteiger partial charge in [-0.05, 0) is 57.4 Å². The van der Waals surface area contributed by atoms with Gasteiger partial charge in [0.2, 0.25) is 0 Å². The number of hydrogen-bond donors (Lipinski definition) is 3. The normalized spacial score (nSPS) is 10.8. The number of aromatic amines is 1. The van der Waals surface area contributed by atoms with E-state index < -0.39 is 0 Å². The summed E-state index contributed by atoms with van der Waals surface area (Å²) >= 11 is 1.96. The number of fused-ring (bicyclic) bond motifs is 1. The number of para-hydroxylation sites is 4. The van der Waals surface area contributed by atoms with Crippen LogP contribution in [0.1, 0.15) is 1.37 Å². The molecule has 0 bridgehead atoms. The van der Waals surface area contributed by atoms with Crippen molar-refractivity contribution in [3.05, 3.63) is 59.0 Å². The molecule has 0 aliphatic carbocycles. The third-order valence-corrected chi connectivity index (χ3v) is 4.29. The van der Waals surface area contributed by atoms with Crippen LogP contribution in [0.5, 0.6) is 0 Å². The first-order valence-corrected chi connectivity index (χ1v) is 11.2. The summed E-state index contributed by atoms with van der Waals surface area (Å²) in [6, 6.07) is 15.6. The molecular weight excluding hydrogens is 491 g/mol. The lowest BCUT2D eigenvalue weighted by atomic mass is 10.3. The number of nitrogen functional groups attached to an aromatic ring is 1. The highest BCUT2D eigenvalue weighted by atomic mass is 127. The van der Waals surface area contributed by atoms with Crippen molar-refractivity contribution in [3.63, 3.8) is 0 Å². The van der Waals surface area contributed by atoms with E-state index in [0.29, 0.717) is 4.91 Å². The molecule has 0 fully saturated rings. The van der Waals surface area contributed by atoms with Crippen LogP contribution in [0.15, 0.2) is 53.3 Å². The molecule has 166 valence electrons. The Hall–Kier alpha value is -2.04. The average Bonchev–Trinajstić information content (AvgIpc) is 3.04. The number of alkyl halides is 1. The minimum Gasteiger partial charge on any atom is -0.397 e. The fraction of sp³-hybridized carbons (Fsp3) is 0.409.